The van der Waals surface area contributed by atoms with Crippen LogP contribution in [0.1, 0.15) is 16.8 Å². The second-order valence-electron chi connectivity index (χ2n) is 9.64. The van der Waals surface area contributed by atoms with Crippen LogP contribution >= 0.6 is 11.6 Å². The first-order chi connectivity index (χ1) is 17.4. The van der Waals surface area contributed by atoms with Gasteiger partial charge >= 0.3 is 6.09 Å². The highest BCUT2D eigenvalue weighted by Gasteiger charge is 2.29. The number of aromatic nitrogens is 2. The van der Waals surface area contributed by atoms with Gasteiger partial charge in [0.05, 0.1) is 24.9 Å². The van der Waals surface area contributed by atoms with Crippen molar-refractivity contribution in [2.75, 3.05) is 44.2 Å². The molecule has 2 aromatic carbocycles. The minimum absolute atomic E-state index is 0.291. The molecule has 36 heavy (non-hydrogen) atoms. The number of fused-ring (bicyclic) bond motifs is 1. The highest BCUT2D eigenvalue weighted by molar-refractivity contribution is 6.30. The maximum Gasteiger partial charge on any atom is 0.407 e. The summed E-state index contributed by atoms with van der Waals surface area (Å²) in [5, 5.41) is 26.0. The zero-order valence-corrected chi connectivity index (χ0v) is 21.2. The second kappa shape index (κ2) is 10.5. The van der Waals surface area contributed by atoms with Crippen LogP contribution in [0.15, 0.2) is 48.5 Å². The molecule has 1 aromatic heterocycles. The molecule has 0 bridgehead atoms. The van der Waals surface area contributed by atoms with Crippen molar-refractivity contribution in [1.29, 1.82) is 0 Å². The van der Waals surface area contributed by atoms with Crippen LogP contribution in [0.2, 0.25) is 5.02 Å². The predicted molar refractivity (Wildman–Crippen MR) is 141 cm³/mol. The zero-order chi connectivity index (χ0) is 25.2. The van der Waals surface area contributed by atoms with E-state index < -0.39 is 12.2 Å². The third-order valence-electron chi connectivity index (χ3n) is 7.20. The molecule has 1 unspecified atom stereocenters. The fourth-order valence-corrected chi connectivity index (χ4v) is 5.42. The smallest absolute Gasteiger partial charge is 0.407 e. The minimum atomic E-state index is -0.930. The third-order valence-corrected chi connectivity index (χ3v) is 7.46. The molecule has 0 aliphatic carbocycles. The summed E-state index contributed by atoms with van der Waals surface area (Å²) in [6, 6.07) is 15.9. The number of halogens is 1. The van der Waals surface area contributed by atoms with Gasteiger partial charge in [-0.2, -0.15) is 5.10 Å². The van der Waals surface area contributed by atoms with Crippen LogP contribution in [0.3, 0.4) is 0 Å². The Morgan fingerprint density at radius 2 is 1.75 bits per heavy atom. The zero-order valence-electron chi connectivity index (χ0n) is 20.5. The average Bonchev–Trinajstić information content (AvgIpc) is 3.22. The van der Waals surface area contributed by atoms with Crippen molar-refractivity contribution in [3.63, 3.8) is 0 Å². The molecule has 1 saturated heterocycles. The molecule has 3 heterocycles. The molecule has 2 N–H and O–H groups in total. The van der Waals surface area contributed by atoms with Crippen LogP contribution in [-0.2, 0) is 19.5 Å². The van der Waals surface area contributed by atoms with Gasteiger partial charge < -0.3 is 20.0 Å². The third kappa shape index (κ3) is 5.21. The molecule has 1 amide bonds. The highest BCUT2D eigenvalue weighted by Crippen LogP contribution is 2.31. The number of rotatable bonds is 6. The summed E-state index contributed by atoms with van der Waals surface area (Å²) < 4.78 is 1.88. The maximum atomic E-state index is 11.6. The summed E-state index contributed by atoms with van der Waals surface area (Å²) in [4.78, 5) is 17.8. The monoisotopic (exact) mass is 509 g/mol. The molecule has 0 radical (unpaired) electrons. The number of anilines is 1. The van der Waals surface area contributed by atoms with Gasteiger partial charge in [0.2, 0.25) is 0 Å². The van der Waals surface area contributed by atoms with Gasteiger partial charge in [-0.3, -0.25) is 9.58 Å². The van der Waals surface area contributed by atoms with Crippen molar-refractivity contribution >= 4 is 23.4 Å². The summed E-state index contributed by atoms with van der Waals surface area (Å²) in [7, 11) is 0. The lowest BCUT2D eigenvalue weighted by atomic mass is 10.0. The van der Waals surface area contributed by atoms with Crippen molar-refractivity contribution in [1.82, 2.24) is 19.6 Å². The number of hydrogen-bond donors (Lipinski definition) is 2. The molecular weight excluding hydrogens is 478 g/mol. The molecule has 2 aliphatic heterocycles. The molecular formula is C27H32ClN5O3. The van der Waals surface area contributed by atoms with E-state index in [2.05, 4.69) is 41.0 Å². The van der Waals surface area contributed by atoms with E-state index in [9.17, 15) is 15.0 Å². The topological polar surface area (TPSA) is 85.1 Å². The number of aryl methyl sites for hydroxylation is 1. The molecule has 1 fully saturated rings. The standard InChI is InChI=1S/C27H32ClN5O3/c1-19-4-2-3-5-24(19)31-14-12-30(13-15-31)16-22(34)17-33-25-10-11-32(27(35)36)18-23(25)26(29-33)20-6-8-21(28)9-7-20/h2-9,22,34H,10-18H2,1H3,(H,35,36). The van der Waals surface area contributed by atoms with E-state index in [1.165, 1.54) is 16.2 Å². The Balaban J connectivity index is 1.27. The van der Waals surface area contributed by atoms with E-state index in [-0.39, 0.29) is 0 Å². The molecule has 8 nitrogen and oxygen atoms in total. The minimum Gasteiger partial charge on any atom is -0.465 e. The molecule has 1 atom stereocenters. The molecule has 3 aromatic rings. The summed E-state index contributed by atoms with van der Waals surface area (Å²) in [5.41, 5.74) is 6.12. The number of benzene rings is 2. The van der Waals surface area contributed by atoms with Crippen LogP contribution in [0, 0.1) is 6.92 Å². The van der Waals surface area contributed by atoms with Crippen LogP contribution in [0.4, 0.5) is 10.5 Å². The first-order valence-electron chi connectivity index (χ1n) is 12.4. The van der Waals surface area contributed by atoms with Crippen molar-refractivity contribution in [3.8, 4) is 11.3 Å². The number of β-amino-alcohol motifs (C(OH)–C–C–N with tert-alkyl or cyclic N) is 1. The van der Waals surface area contributed by atoms with Gasteiger partial charge in [0.25, 0.3) is 0 Å². The number of piperazine rings is 1. The Hall–Kier alpha value is -3.07. The molecule has 9 heteroatoms. The highest BCUT2D eigenvalue weighted by atomic mass is 35.5. The molecule has 0 saturated carbocycles. The van der Waals surface area contributed by atoms with Crippen LogP contribution < -0.4 is 4.90 Å². The van der Waals surface area contributed by atoms with Gasteiger partial charge in [-0.25, -0.2) is 4.79 Å². The largest absolute Gasteiger partial charge is 0.465 e. The second-order valence-corrected chi connectivity index (χ2v) is 10.1. The van der Waals surface area contributed by atoms with Gasteiger partial charge in [-0.1, -0.05) is 41.9 Å². The van der Waals surface area contributed by atoms with E-state index in [0.717, 1.165) is 48.7 Å². The first kappa shape index (κ1) is 24.6. The SMILES string of the molecule is Cc1ccccc1N1CCN(CC(O)Cn2nc(-c3ccc(Cl)cc3)c3c2CCN(C(=O)O)C3)CC1. The fourth-order valence-electron chi connectivity index (χ4n) is 5.29. The predicted octanol–water partition coefficient (Wildman–Crippen LogP) is 3.73. The Morgan fingerprint density at radius 1 is 1.03 bits per heavy atom. The lowest BCUT2D eigenvalue weighted by molar-refractivity contribution is 0.0906. The normalized spacial score (nSPS) is 17.2. The molecule has 190 valence electrons. The van der Waals surface area contributed by atoms with Crippen molar-refractivity contribution in [2.45, 2.75) is 32.5 Å². The van der Waals surface area contributed by atoms with E-state index in [1.54, 1.807) is 0 Å². The number of aliphatic hydroxyl groups is 1. The Morgan fingerprint density at radius 3 is 2.44 bits per heavy atom. The van der Waals surface area contributed by atoms with Crippen LogP contribution in [0.5, 0.6) is 0 Å². The quantitative estimate of drug-likeness (QED) is 0.526. The number of carbonyl (C=O) groups is 1. The maximum absolute atomic E-state index is 11.6. The van der Waals surface area contributed by atoms with Gasteiger partial charge in [-0.05, 0) is 30.7 Å². The molecule has 0 spiro atoms. The van der Waals surface area contributed by atoms with Crippen molar-refractivity contribution in [2.24, 2.45) is 0 Å². The van der Waals surface area contributed by atoms with Crippen molar-refractivity contribution in [3.05, 3.63) is 70.4 Å². The number of carboxylic acid groups (broad SMARTS) is 1. The fraction of sp³-hybridized carbons (Fsp3) is 0.407. The lowest BCUT2D eigenvalue weighted by Gasteiger charge is -2.37. The van der Waals surface area contributed by atoms with E-state index in [4.69, 9.17) is 16.7 Å². The number of nitrogens with zero attached hydrogens (tertiary/aromatic N) is 5. The van der Waals surface area contributed by atoms with Gasteiger partial charge in [0.15, 0.2) is 0 Å². The Kier molecular flexibility index (Phi) is 7.18. The Bertz CT molecular complexity index is 1220. The summed E-state index contributed by atoms with van der Waals surface area (Å²) in [6.45, 7) is 7.46. The van der Waals surface area contributed by atoms with E-state index in [0.29, 0.717) is 37.6 Å². The first-order valence-corrected chi connectivity index (χ1v) is 12.8. The van der Waals surface area contributed by atoms with E-state index in [1.807, 2.05) is 28.9 Å². The average molecular weight is 510 g/mol. The lowest BCUT2D eigenvalue weighted by Crippen LogP contribution is -2.49. The van der Waals surface area contributed by atoms with Crippen molar-refractivity contribution < 1.29 is 15.0 Å². The summed E-state index contributed by atoms with van der Waals surface area (Å²) >= 11 is 6.07. The summed E-state index contributed by atoms with van der Waals surface area (Å²) in [5.74, 6) is 0. The van der Waals surface area contributed by atoms with Crippen LogP contribution in [0.25, 0.3) is 11.3 Å². The number of para-hydroxylation sites is 1. The number of hydrogen-bond acceptors (Lipinski definition) is 5. The van der Waals surface area contributed by atoms with Gasteiger partial charge in [0.1, 0.15) is 0 Å². The number of amides is 1. The number of aliphatic hydroxyl groups excluding tert-OH is 1. The summed E-state index contributed by atoms with van der Waals surface area (Å²) in [6.07, 6.45) is -0.931. The van der Waals surface area contributed by atoms with Crippen LogP contribution in [-0.4, -0.2) is 81.3 Å². The molecule has 5 rings (SSSR count). The van der Waals surface area contributed by atoms with Gasteiger partial charge in [0, 0.05) is 73.2 Å². The van der Waals surface area contributed by atoms with E-state index >= 15 is 0 Å². The molecule has 2 aliphatic rings. The van der Waals surface area contributed by atoms with Gasteiger partial charge in [-0.15, -0.1) is 0 Å². The Labute approximate surface area is 216 Å².